The van der Waals surface area contributed by atoms with Gasteiger partial charge >= 0.3 is 0 Å². The minimum atomic E-state index is -0.215. The van der Waals surface area contributed by atoms with Crippen molar-refractivity contribution in [2.24, 2.45) is 5.10 Å². The summed E-state index contributed by atoms with van der Waals surface area (Å²) in [5.41, 5.74) is 5.74. The Morgan fingerprint density at radius 3 is 3.09 bits per heavy atom. The number of nitrogens with one attached hydrogen (secondary N) is 3. The molecule has 0 spiro atoms. The van der Waals surface area contributed by atoms with E-state index in [4.69, 9.17) is 0 Å². The van der Waals surface area contributed by atoms with Crippen molar-refractivity contribution in [2.75, 3.05) is 16.5 Å². The normalized spacial score (nSPS) is 12.8. The number of anilines is 2. The molecule has 0 saturated carbocycles. The summed E-state index contributed by atoms with van der Waals surface area (Å²) in [6, 6.07) is 7.65. The highest BCUT2D eigenvalue weighted by molar-refractivity contribution is 7.99. The number of allylic oxidation sites excluding steroid dienone is 1. The number of aromatic nitrogens is 3. The lowest BCUT2D eigenvalue weighted by molar-refractivity contribution is -0.113. The summed E-state index contributed by atoms with van der Waals surface area (Å²) in [4.78, 5) is 17.9. The van der Waals surface area contributed by atoms with Crippen LogP contribution >= 0.6 is 23.1 Å². The highest BCUT2D eigenvalue weighted by Crippen LogP contribution is 2.37. The predicted molar refractivity (Wildman–Crippen MR) is 135 cm³/mol. The van der Waals surface area contributed by atoms with Gasteiger partial charge in [-0.1, -0.05) is 30.0 Å². The summed E-state index contributed by atoms with van der Waals surface area (Å²) in [7, 11) is 0. The molecule has 3 aromatic rings. The van der Waals surface area contributed by atoms with Crippen LogP contribution in [-0.2, 0) is 24.1 Å². The molecular weight excluding hydrogens is 470 g/mol. The molecule has 1 aliphatic carbocycles. The second-order valence-electron chi connectivity index (χ2n) is 7.55. The average Bonchev–Trinajstić information content (AvgIpc) is 3.43. The van der Waals surface area contributed by atoms with Gasteiger partial charge in [-0.25, -0.2) is 10.5 Å². The van der Waals surface area contributed by atoms with E-state index in [-0.39, 0.29) is 17.4 Å². The van der Waals surface area contributed by atoms with Crippen molar-refractivity contribution in [1.82, 2.24) is 15.2 Å². The van der Waals surface area contributed by atoms with Gasteiger partial charge in [0.2, 0.25) is 17.0 Å². The van der Waals surface area contributed by atoms with Crippen molar-refractivity contribution >= 4 is 46.2 Å². The third kappa shape index (κ3) is 5.47. The number of hydrogen-bond acceptors (Lipinski definition) is 9. The largest absolute Gasteiger partial charge is 0.507 e. The number of thiophene rings is 1. The van der Waals surface area contributed by atoms with Gasteiger partial charge in [0.1, 0.15) is 16.8 Å². The Bertz CT molecular complexity index is 1270. The first-order valence-electron chi connectivity index (χ1n) is 10.7. The van der Waals surface area contributed by atoms with Crippen LogP contribution in [0.4, 0.5) is 10.9 Å². The maximum Gasteiger partial charge on any atom is 0.240 e. The van der Waals surface area contributed by atoms with Crippen molar-refractivity contribution in [1.29, 1.82) is 5.26 Å². The zero-order chi connectivity index (χ0) is 23.9. The van der Waals surface area contributed by atoms with E-state index in [1.807, 2.05) is 12.1 Å². The van der Waals surface area contributed by atoms with E-state index in [1.54, 1.807) is 12.1 Å². The SMILES string of the molecule is C=CCc1cccc(/C=N\Nc2nc(SCC(=O)Nc3sc4c(c3C#N)CCCC4)n[nH]2)c1O. The Kier molecular flexibility index (Phi) is 7.61. The van der Waals surface area contributed by atoms with E-state index in [0.717, 1.165) is 36.8 Å². The topological polar surface area (TPSA) is 139 Å². The third-order valence-corrected chi connectivity index (χ3v) is 7.28. The van der Waals surface area contributed by atoms with Gasteiger partial charge in [-0.2, -0.15) is 15.3 Å². The van der Waals surface area contributed by atoms with Crippen molar-refractivity contribution in [3.63, 3.8) is 0 Å². The van der Waals surface area contributed by atoms with Gasteiger partial charge in [0, 0.05) is 10.4 Å². The second-order valence-corrected chi connectivity index (χ2v) is 9.60. The Morgan fingerprint density at radius 2 is 2.26 bits per heavy atom. The van der Waals surface area contributed by atoms with E-state index in [2.05, 4.69) is 43.7 Å². The number of thioether (sulfide) groups is 1. The predicted octanol–water partition coefficient (Wildman–Crippen LogP) is 4.23. The van der Waals surface area contributed by atoms with Crippen molar-refractivity contribution in [3.8, 4) is 11.8 Å². The molecule has 0 fully saturated rings. The number of para-hydroxylation sites is 1. The molecule has 34 heavy (non-hydrogen) atoms. The lowest BCUT2D eigenvalue weighted by Gasteiger charge is -2.09. The summed E-state index contributed by atoms with van der Waals surface area (Å²) in [6.45, 7) is 3.68. The molecule has 1 aliphatic rings. The number of aromatic hydroxyl groups is 1. The van der Waals surface area contributed by atoms with Crippen molar-refractivity contribution in [2.45, 2.75) is 37.3 Å². The number of aryl methyl sites for hydroxylation is 1. The summed E-state index contributed by atoms with van der Waals surface area (Å²) in [6.07, 6.45) is 7.83. The molecule has 4 rings (SSSR count). The molecule has 0 bridgehead atoms. The maximum atomic E-state index is 12.4. The van der Waals surface area contributed by atoms with Gasteiger partial charge in [0.25, 0.3) is 0 Å². The highest BCUT2D eigenvalue weighted by Gasteiger charge is 2.22. The number of hydrazone groups is 1. The van der Waals surface area contributed by atoms with Crippen LogP contribution in [0.3, 0.4) is 0 Å². The molecule has 9 nitrogen and oxygen atoms in total. The number of nitrogens with zero attached hydrogens (tertiary/aromatic N) is 4. The molecule has 0 aliphatic heterocycles. The van der Waals surface area contributed by atoms with Gasteiger partial charge in [-0.15, -0.1) is 23.0 Å². The number of hydrogen-bond donors (Lipinski definition) is 4. The summed E-state index contributed by atoms with van der Waals surface area (Å²) >= 11 is 2.67. The Hall–Kier alpha value is -3.62. The fourth-order valence-electron chi connectivity index (χ4n) is 3.62. The lowest BCUT2D eigenvalue weighted by Crippen LogP contribution is -2.14. The first-order valence-corrected chi connectivity index (χ1v) is 12.5. The van der Waals surface area contributed by atoms with Crippen LogP contribution in [0.25, 0.3) is 0 Å². The first-order chi connectivity index (χ1) is 16.6. The molecule has 2 heterocycles. The number of carbonyl (C=O) groups is 1. The number of phenolic OH excluding ortho intramolecular Hbond substituents is 1. The van der Waals surface area contributed by atoms with Gasteiger partial charge in [-0.05, 0) is 49.3 Å². The number of phenols is 1. The maximum absolute atomic E-state index is 12.4. The molecule has 11 heteroatoms. The van der Waals surface area contributed by atoms with Crippen LogP contribution in [0.2, 0.25) is 0 Å². The van der Waals surface area contributed by atoms with Crippen LogP contribution in [-0.4, -0.2) is 38.2 Å². The molecule has 1 aromatic carbocycles. The molecule has 0 saturated heterocycles. The Labute approximate surface area is 205 Å². The van der Waals surface area contributed by atoms with E-state index in [0.29, 0.717) is 33.7 Å². The molecule has 0 unspecified atom stereocenters. The number of H-pyrrole nitrogens is 1. The number of amides is 1. The number of rotatable bonds is 9. The van der Waals surface area contributed by atoms with E-state index in [9.17, 15) is 15.2 Å². The monoisotopic (exact) mass is 493 g/mol. The van der Waals surface area contributed by atoms with Crippen LogP contribution in [0.1, 0.15) is 40.0 Å². The van der Waals surface area contributed by atoms with Crippen LogP contribution in [0, 0.1) is 11.3 Å². The molecule has 0 atom stereocenters. The minimum Gasteiger partial charge on any atom is -0.507 e. The molecule has 0 radical (unpaired) electrons. The fourth-order valence-corrected chi connectivity index (χ4v) is 5.48. The van der Waals surface area contributed by atoms with Crippen molar-refractivity contribution in [3.05, 3.63) is 58.0 Å². The molecular formula is C23H23N7O2S2. The van der Waals surface area contributed by atoms with Crippen LogP contribution in [0.15, 0.2) is 41.1 Å². The molecule has 2 aromatic heterocycles. The second kappa shape index (κ2) is 11.0. The number of nitriles is 1. The number of fused-ring (bicyclic) bond motifs is 1. The number of carbonyl (C=O) groups excluding carboxylic acids is 1. The number of aromatic amines is 1. The van der Waals surface area contributed by atoms with E-state index < -0.39 is 0 Å². The Morgan fingerprint density at radius 1 is 1.41 bits per heavy atom. The average molecular weight is 494 g/mol. The van der Waals surface area contributed by atoms with Gasteiger partial charge < -0.3 is 10.4 Å². The van der Waals surface area contributed by atoms with Crippen LogP contribution in [0.5, 0.6) is 5.75 Å². The first kappa shape index (κ1) is 23.5. The van der Waals surface area contributed by atoms with E-state index in [1.165, 1.54) is 34.2 Å². The number of benzene rings is 1. The smallest absolute Gasteiger partial charge is 0.240 e. The van der Waals surface area contributed by atoms with Crippen LogP contribution < -0.4 is 10.7 Å². The zero-order valence-electron chi connectivity index (χ0n) is 18.3. The quantitative estimate of drug-likeness (QED) is 0.151. The standard InChI is InChI=1S/C23H23N7O2S2/c1-2-6-14-7-5-8-15(20(14)32)12-25-28-22-27-23(30-29-22)33-13-19(31)26-21-17(11-24)16-9-3-4-10-18(16)34-21/h2,5,7-8,12,32H,1,3-4,6,9-10,13H2,(H,26,31)(H2,27,28,29,30)/b25-12-. The lowest BCUT2D eigenvalue weighted by atomic mass is 9.96. The highest BCUT2D eigenvalue weighted by atomic mass is 32.2. The van der Waals surface area contributed by atoms with E-state index >= 15 is 0 Å². The van der Waals surface area contributed by atoms with Crippen molar-refractivity contribution < 1.29 is 9.90 Å². The van der Waals surface area contributed by atoms with Gasteiger partial charge in [-0.3, -0.25) is 4.79 Å². The Balaban J connectivity index is 1.30. The minimum absolute atomic E-state index is 0.109. The fraction of sp³-hybridized carbons (Fsp3) is 0.261. The molecule has 174 valence electrons. The summed E-state index contributed by atoms with van der Waals surface area (Å²) < 4.78 is 0. The summed E-state index contributed by atoms with van der Waals surface area (Å²) in [5, 5.41) is 34.5. The summed E-state index contributed by atoms with van der Waals surface area (Å²) in [5.74, 6) is 0.350. The zero-order valence-corrected chi connectivity index (χ0v) is 19.9. The third-order valence-electron chi connectivity index (χ3n) is 5.22. The molecule has 1 amide bonds. The van der Waals surface area contributed by atoms with Gasteiger partial charge in [0.05, 0.1) is 17.5 Å². The van der Waals surface area contributed by atoms with Gasteiger partial charge in [0.15, 0.2) is 0 Å². The molecule has 4 N–H and O–H groups in total.